The summed E-state index contributed by atoms with van der Waals surface area (Å²) in [5, 5.41) is 10.5. The van der Waals surface area contributed by atoms with Crippen LogP contribution in [0.1, 0.15) is 83.9 Å². The molecule has 0 amide bonds. The number of carbonyl (C=O) groups excluding carboxylic acids is 3. The molecule has 2 aromatic heterocycles. The number of rotatable bonds is 8. The van der Waals surface area contributed by atoms with Crippen molar-refractivity contribution in [2.75, 3.05) is 13.2 Å². The molecule has 0 radical (unpaired) electrons. The van der Waals surface area contributed by atoms with E-state index in [0.29, 0.717) is 31.2 Å². The largest absolute Gasteiger partial charge is 0.461 e. The number of allylic oxidation sites excluding steroid dienone is 1. The van der Waals surface area contributed by atoms with E-state index in [1.807, 2.05) is 32.9 Å². The maximum atomic E-state index is 13.8. The van der Waals surface area contributed by atoms with Crippen molar-refractivity contribution >= 4 is 17.9 Å². The highest BCUT2D eigenvalue weighted by atomic mass is 16.6. The van der Waals surface area contributed by atoms with Gasteiger partial charge in [0.2, 0.25) is 0 Å². The van der Waals surface area contributed by atoms with Crippen molar-refractivity contribution in [2.45, 2.75) is 76.8 Å². The minimum absolute atomic E-state index is 0.0667. The molecule has 6 atom stereocenters. The highest BCUT2D eigenvalue weighted by molar-refractivity contribution is 5.90. The normalized spacial score (nSPS) is 28.9. The molecule has 10 heteroatoms. The molecule has 3 aromatic rings. The van der Waals surface area contributed by atoms with E-state index in [4.69, 9.17) is 18.9 Å². The van der Waals surface area contributed by atoms with Crippen LogP contribution in [0.3, 0.4) is 0 Å². The molecule has 1 aromatic carbocycles. The number of aromatic nitrogens is 2. The molecule has 1 N–H and O–H groups in total. The number of nitrogens with zero attached hydrogens (tertiary/aromatic N) is 2. The molecule has 49 heavy (non-hydrogen) atoms. The Labute approximate surface area is 286 Å². The number of fused-ring (bicyclic) bond motifs is 2. The summed E-state index contributed by atoms with van der Waals surface area (Å²) in [6.07, 6.45) is 8.90. The van der Waals surface area contributed by atoms with Crippen molar-refractivity contribution in [1.29, 1.82) is 0 Å². The first-order valence-electron chi connectivity index (χ1n) is 16.7. The maximum Gasteiger partial charge on any atom is 0.340 e. The molecule has 2 fully saturated rings. The van der Waals surface area contributed by atoms with Crippen LogP contribution in [-0.4, -0.2) is 70.1 Å². The number of aliphatic hydroxyl groups is 1. The average molecular weight is 667 g/mol. The second-order valence-electron chi connectivity index (χ2n) is 13.5. The van der Waals surface area contributed by atoms with Gasteiger partial charge in [-0.1, -0.05) is 29.3 Å². The van der Waals surface area contributed by atoms with E-state index in [1.54, 1.807) is 60.9 Å². The lowest BCUT2D eigenvalue weighted by atomic mass is 9.68. The van der Waals surface area contributed by atoms with Crippen LogP contribution in [0.4, 0.5) is 0 Å². The molecule has 10 nitrogen and oxygen atoms in total. The highest BCUT2D eigenvalue weighted by Crippen LogP contribution is 2.57. The third kappa shape index (κ3) is 7.35. The molecule has 1 saturated carbocycles. The molecule has 6 rings (SSSR count). The number of benzene rings is 1. The highest BCUT2D eigenvalue weighted by Gasteiger charge is 2.61. The Morgan fingerprint density at radius 1 is 0.898 bits per heavy atom. The van der Waals surface area contributed by atoms with Crippen LogP contribution in [0.5, 0.6) is 0 Å². The van der Waals surface area contributed by atoms with Crippen LogP contribution in [0, 0.1) is 11.3 Å². The number of aliphatic hydroxyl groups excluding tert-OH is 1. The lowest BCUT2D eigenvalue weighted by Gasteiger charge is -2.43. The maximum absolute atomic E-state index is 13.8. The fourth-order valence-corrected chi connectivity index (χ4v) is 7.46. The summed E-state index contributed by atoms with van der Waals surface area (Å²) in [6, 6.07) is 15.3. The summed E-state index contributed by atoms with van der Waals surface area (Å²) >= 11 is 0. The van der Waals surface area contributed by atoms with Gasteiger partial charge in [-0.05, 0) is 94.5 Å². The van der Waals surface area contributed by atoms with Crippen LogP contribution < -0.4 is 0 Å². The van der Waals surface area contributed by atoms with Crippen LogP contribution in [0.25, 0.3) is 0 Å². The molecule has 1 saturated heterocycles. The van der Waals surface area contributed by atoms with Crippen molar-refractivity contribution in [3.63, 3.8) is 0 Å². The predicted octanol–water partition coefficient (Wildman–Crippen LogP) is 6.08. The molecule has 0 bridgehead atoms. The van der Waals surface area contributed by atoms with Gasteiger partial charge < -0.3 is 24.1 Å². The Hall–Kier alpha value is -4.67. The van der Waals surface area contributed by atoms with E-state index < -0.39 is 47.0 Å². The Kier molecular flexibility index (Phi) is 10.1. The molecule has 0 spiro atoms. The summed E-state index contributed by atoms with van der Waals surface area (Å²) < 4.78 is 25.3. The van der Waals surface area contributed by atoms with Gasteiger partial charge in [-0.2, -0.15) is 0 Å². The van der Waals surface area contributed by atoms with Crippen molar-refractivity contribution in [3.8, 4) is 0 Å². The fourth-order valence-electron chi connectivity index (χ4n) is 7.46. The smallest absolute Gasteiger partial charge is 0.340 e. The quantitative estimate of drug-likeness (QED) is 0.130. The van der Waals surface area contributed by atoms with Gasteiger partial charge in [0.15, 0.2) is 0 Å². The first kappa shape index (κ1) is 34.2. The van der Waals surface area contributed by atoms with Gasteiger partial charge in [0.1, 0.15) is 18.8 Å². The molecular formula is C39H42N2O8. The summed E-state index contributed by atoms with van der Waals surface area (Å²) in [5.74, 6) is -2.30. The fraction of sp³-hybridized carbons (Fsp3) is 0.410. The van der Waals surface area contributed by atoms with Gasteiger partial charge in [-0.3, -0.25) is 9.97 Å². The van der Waals surface area contributed by atoms with Gasteiger partial charge in [-0.15, -0.1) is 0 Å². The number of pyridine rings is 2. The Morgan fingerprint density at radius 3 is 2.18 bits per heavy atom. The molecular weight excluding hydrogens is 624 g/mol. The molecule has 6 unspecified atom stereocenters. The third-order valence-corrected chi connectivity index (χ3v) is 10.2. The zero-order valence-corrected chi connectivity index (χ0v) is 28.0. The van der Waals surface area contributed by atoms with Crippen molar-refractivity contribution in [2.24, 2.45) is 11.3 Å². The minimum Gasteiger partial charge on any atom is -0.461 e. The topological polar surface area (TPSA) is 137 Å². The Balaban J connectivity index is 1.51. The Bertz CT molecular complexity index is 1730. The van der Waals surface area contributed by atoms with E-state index in [-0.39, 0.29) is 30.4 Å². The molecule has 2 aliphatic carbocycles. The zero-order valence-electron chi connectivity index (χ0n) is 28.0. The van der Waals surface area contributed by atoms with Gasteiger partial charge >= 0.3 is 17.9 Å². The van der Waals surface area contributed by atoms with E-state index in [9.17, 15) is 19.5 Å². The summed E-state index contributed by atoms with van der Waals surface area (Å²) in [6.45, 7) is 5.49. The summed E-state index contributed by atoms with van der Waals surface area (Å²) in [4.78, 5) is 49.3. The van der Waals surface area contributed by atoms with Gasteiger partial charge in [0.05, 0.1) is 40.4 Å². The van der Waals surface area contributed by atoms with Crippen LogP contribution in [-0.2, 0) is 18.9 Å². The molecule has 3 aliphatic rings. The lowest BCUT2D eigenvalue weighted by Crippen LogP contribution is -2.50. The number of epoxide rings is 1. The lowest BCUT2D eigenvalue weighted by molar-refractivity contribution is -0.0797. The third-order valence-electron chi connectivity index (χ3n) is 10.2. The van der Waals surface area contributed by atoms with Crippen LogP contribution in [0.15, 0.2) is 102 Å². The molecule has 3 heterocycles. The number of ether oxygens (including phenoxy) is 4. The number of carbonyl (C=O) groups is 3. The van der Waals surface area contributed by atoms with Gasteiger partial charge in [0, 0.05) is 37.1 Å². The van der Waals surface area contributed by atoms with Crippen molar-refractivity contribution < 1.29 is 38.4 Å². The monoisotopic (exact) mass is 666 g/mol. The van der Waals surface area contributed by atoms with Crippen molar-refractivity contribution in [3.05, 3.63) is 119 Å². The van der Waals surface area contributed by atoms with E-state index in [1.165, 1.54) is 12.4 Å². The second-order valence-corrected chi connectivity index (χ2v) is 13.5. The summed E-state index contributed by atoms with van der Waals surface area (Å²) in [5.41, 5.74) is 1.83. The minimum atomic E-state index is -1.10. The van der Waals surface area contributed by atoms with Crippen LogP contribution in [0.2, 0.25) is 0 Å². The predicted molar refractivity (Wildman–Crippen MR) is 179 cm³/mol. The SMILES string of the molecule is CC1=CC(OC(=O)c2cccnc2)C2(COC(=O)c3ccccc3)CCC(=C(C)CO)C2C(OC(=O)c2cccnc2)CC2(C)OC2CC1. The number of esters is 3. The van der Waals surface area contributed by atoms with Gasteiger partial charge in [-0.25, -0.2) is 14.4 Å². The number of hydrogen-bond acceptors (Lipinski definition) is 10. The Morgan fingerprint density at radius 2 is 1.55 bits per heavy atom. The first-order valence-corrected chi connectivity index (χ1v) is 16.7. The molecule has 1 aliphatic heterocycles. The average Bonchev–Trinajstić information content (AvgIpc) is 3.60. The number of hydrogen-bond donors (Lipinski definition) is 1. The van der Waals surface area contributed by atoms with Gasteiger partial charge in [0.25, 0.3) is 0 Å². The van der Waals surface area contributed by atoms with E-state index in [2.05, 4.69) is 9.97 Å². The standard InChI is InChI=1S/C39H42N2O8/c1-25-13-14-32-38(3,49-32)20-31(47-36(44)28-11-7-17-40-21-28)34-30(26(2)23-42)15-16-39(34,24-46-35(43)27-9-5-4-6-10-27)33(19-25)48-37(45)29-12-8-18-41-22-29/h4-12,17-19,21-22,31-34,42H,13-16,20,23-24H2,1-3H3. The van der Waals surface area contributed by atoms with E-state index >= 15 is 0 Å². The first-order chi connectivity index (χ1) is 23.6. The van der Waals surface area contributed by atoms with Crippen molar-refractivity contribution in [1.82, 2.24) is 9.97 Å². The second kappa shape index (κ2) is 14.4. The van der Waals surface area contributed by atoms with E-state index in [0.717, 1.165) is 23.1 Å². The zero-order chi connectivity index (χ0) is 34.6. The molecule has 256 valence electrons. The summed E-state index contributed by atoms with van der Waals surface area (Å²) in [7, 11) is 0. The van der Waals surface area contributed by atoms with Crippen LogP contribution >= 0.6 is 0 Å².